The largest absolute Gasteiger partial charge is 0.493 e. The normalized spacial score (nSPS) is 11.4. The van der Waals surface area contributed by atoms with E-state index in [9.17, 15) is 4.39 Å². The summed E-state index contributed by atoms with van der Waals surface area (Å²) in [6.45, 7) is 4.96. The zero-order valence-corrected chi connectivity index (χ0v) is 19.5. The number of methoxy groups -OCH3 is 3. The Balaban J connectivity index is 2.06. The molecule has 0 atom stereocenters. The molecule has 0 aliphatic rings. The van der Waals surface area contributed by atoms with Crippen LogP contribution >= 0.6 is 11.6 Å². The highest BCUT2D eigenvalue weighted by atomic mass is 35.5. The molecule has 3 aromatic rings. The monoisotopic (exact) mass is 467 g/mol. The van der Waals surface area contributed by atoms with Gasteiger partial charge in [-0.25, -0.2) is 4.98 Å². The minimum absolute atomic E-state index is 0.0260. The van der Waals surface area contributed by atoms with Gasteiger partial charge in [-0.2, -0.15) is 14.4 Å². The summed E-state index contributed by atoms with van der Waals surface area (Å²) < 4.78 is 37.6. The molecule has 0 fully saturated rings. The van der Waals surface area contributed by atoms with Gasteiger partial charge in [-0.3, -0.25) is 0 Å². The van der Waals surface area contributed by atoms with Gasteiger partial charge < -0.3 is 29.2 Å². The van der Waals surface area contributed by atoms with Crippen molar-refractivity contribution in [2.45, 2.75) is 39.3 Å². The smallest absolute Gasteiger partial charge is 0.312 e. The lowest BCUT2D eigenvalue weighted by molar-refractivity contribution is 0.0749. The highest BCUT2D eigenvalue weighted by Crippen LogP contribution is 2.45. The molecule has 1 aromatic carbocycles. The third kappa shape index (κ3) is 4.81. The number of nitrogens with two attached hydrogens (primary N) is 1. The summed E-state index contributed by atoms with van der Waals surface area (Å²) in [5.41, 5.74) is 7.24. The first-order valence-corrected chi connectivity index (χ1v) is 10.5. The molecule has 2 N–H and O–H groups in total. The number of hydrogen-bond donors (Lipinski definition) is 1. The fourth-order valence-electron chi connectivity index (χ4n) is 3.42. The molecule has 3 rings (SSSR count). The van der Waals surface area contributed by atoms with Gasteiger partial charge in [0.25, 0.3) is 0 Å². The summed E-state index contributed by atoms with van der Waals surface area (Å²) in [7, 11) is 4.53. The maximum atomic E-state index is 13.9. The first kappa shape index (κ1) is 23.8. The summed E-state index contributed by atoms with van der Waals surface area (Å²) in [6, 6.07) is 1.75. The number of rotatable bonds is 10. The van der Waals surface area contributed by atoms with Crippen molar-refractivity contribution in [1.29, 1.82) is 0 Å². The fourth-order valence-corrected chi connectivity index (χ4v) is 3.71. The third-order valence-corrected chi connectivity index (χ3v) is 5.26. The second kappa shape index (κ2) is 10.2. The molecule has 0 radical (unpaired) electrons. The number of anilines is 1. The van der Waals surface area contributed by atoms with Crippen molar-refractivity contribution in [2.75, 3.05) is 33.7 Å². The average Bonchev–Trinajstić information content (AvgIpc) is 3.09. The summed E-state index contributed by atoms with van der Waals surface area (Å²) in [5.74, 6) is 1.76. The molecule has 0 saturated carbocycles. The van der Waals surface area contributed by atoms with Crippen LogP contribution < -0.4 is 19.9 Å². The third-order valence-electron chi connectivity index (χ3n) is 4.84. The Kier molecular flexibility index (Phi) is 7.57. The van der Waals surface area contributed by atoms with Crippen molar-refractivity contribution in [1.82, 2.24) is 19.5 Å². The van der Waals surface area contributed by atoms with Crippen LogP contribution in [0.2, 0.25) is 5.02 Å². The Hall–Kier alpha value is -2.85. The summed E-state index contributed by atoms with van der Waals surface area (Å²) in [6.07, 6.45) is 0.165. The molecule has 9 nitrogen and oxygen atoms in total. The van der Waals surface area contributed by atoms with E-state index in [4.69, 9.17) is 36.3 Å². The fraction of sp³-hybridized carbons (Fsp3) is 0.476. The van der Waals surface area contributed by atoms with Crippen LogP contribution in [-0.4, -0.2) is 53.6 Å². The number of nitrogen functional groups attached to an aromatic ring is 1. The van der Waals surface area contributed by atoms with Gasteiger partial charge in [0.1, 0.15) is 5.82 Å². The van der Waals surface area contributed by atoms with E-state index in [0.717, 1.165) is 0 Å². The summed E-state index contributed by atoms with van der Waals surface area (Å²) in [5, 5.41) is 0.358. The lowest BCUT2D eigenvalue weighted by atomic mass is 10.1. The van der Waals surface area contributed by atoms with Crippen molar-refractivity contribution in [3.63, 3.8) is 0 Å². The topological polar surface area (TPSA) is 107 Å². The molecule has 0 saturated heterocycles. The number of fused-ring (bicyclic) bond motifs is 1. The summed E-state index contributed by atoms with van der Waals surface area (Å²) >= 11 is 6.61. The number of benzene rings is 1. The minimum Gasteiger partial charge on any atom is -0.493 e. The van der Waals surface area contributed by atoms with Crippen LogP contribution in [0.3, 0.4) is 0 Å². The Morgan fingerprint density at radius 3 is 2.44 bits per heavy atom. The van der Waals surface area contributed by atoms with Crippen LogP contribution in [0.25, 0.3) is 11.2 Å². The van der Waals surface area contributed by atoms with Crippen LogP contribution in [-0.2, 0) is 17.7 Å². The van der Waals surface area contributed by atoms with Gasteiger partial charge in [0.2, 0.25) is 5.75 Å². The van der Waals surface area contributed by atoms with E-state index in [2.05, 4.69) is 15.0 Å². The molecule has 0 aliphatic heterocycles. The Morgan fingerprint density at radius 2 is 1.81 bits per heavy atom. The lowest BCUT2D eigenvalue weighted by Crippen LogP contribution is -2.11. The van der Waals surface area contributed by atoms with E-state index < -0.39 is 6.08 Å². The number of aryl methyl sites for hydroxylation is 1. The Bertz CT molecular complexity index is 1110. The van der Waals surface area contributed by atoms with Crippen LogP contribution in [0.15, 0.2) is 6.07 Å². The molecule has 32 heavy (non-hydrogen) atoms. The van der Waals surface area contributed by atoms with E-state index in [0.29, 0.717) is 64.4 Å². The predicted octanol–water partition coefficient (Wildman–Crippen LogP) is 3.63. The number of imidazole rings is 1. The van der Waals surface area contributed by atoms with E-state index in [-0.39, 0.29) is 18.3 Å². The first-order chi connectivity index (χ1) is 15.3. The molecule has 0 bridgehead atoms. The van der Waals surface area contributed by atoms with Gasteiger partial charge in [-0.1, -0.05) is 11.6 Å². The zero-order chi connectivity index (χ0) is 23.4. The lowest BCUT2D eigenvalue weighted by Gasteiger charge is -2.17. The summed E-state index contributed by atoms with van der Waals surface area (Å²) in [4.78, 5) is 12.1. The van der Waals surface area contributed by atoms with Gasteiger partial charge in [-0.05, 0) is 31.9 Å². The molecule has 2 heterocycles. The quantitative estimate of drug-likeness (QED) is 0.356. The number of nitrogens with zero attached hydrogens (tertiary/aromatic N) is 4. The van der Waals surface area contributed by atoms with Crippen molar-refractivity contribution in [3.8, 4) is 17.2 Å². The van der Waals surface area contributed by atoms with Crippen molar-refractivity contribution < 1.29 is 23.3 Å². The highest BCUT2D eigenvalue weighted by Gasteiger charge is 2.23. The van der Waals surface area contributed by atoms with E-state index >= 15 is 0 Å². The maximum absolute atomic E-state index is 13.9. The van der Waals surface area contributed by atoms with Gasteiger partial charge in [0, 0.05) is 19.6 Å². The van der Waals surface area contributed by atoms with E-state index in [1.54, 1.807) is 10.6 Å². The standard InChI is InChI=1S/C21H27ClFN5O4/c1-11(2)32-8-6-7-28-14(25-16-19(24)26-21(23)27-20(16)28)10-12-9-13(29-3)17(30-4)18(31-5)15(12)22/h9,11H,6-8,10H2,1-5H3,(H2,24,26,27). The second-order valence-corrected chi connectivity index (χ2v) is 7.68. The van der Waals surface area contributed by atoms with Crippen LogP contribution in [0.5, 0.6) is 17.2 Å². The SMILES string of the molecule is COc1cc(Cc2nc3c(N)nc(F)nc3n2CCCOC(C)C)c(Cl)c(OC)c1OC. The van der Waals surface area contributed by atoms with Crippen molar-refractivity contribution >= 4 is 28.6 Å². The molecule has 174 valence electrons. The zero-order valence-electron chi connectivity index (χ0n) is 18.7. The number of hydrogen-bond acceptors (Lipinski definition) is 8. The highest BCUT2D eigenvalue weighted by molar-refractivity contribution is 6.33. The molecular formula is C21H27ClFN5O4. The Morgan fingerprint density at radius 1 is 1.09 bits per heavy atom. The van der Waals surface area contributed by atoms with Gasteiger partial charge >= 0.3 is 6.08 Å². The molecular weight excluding hydrogens is 441 g/mol. The molecule has 0 amide bonds. The number of halogens is 2. The van der Waals surface area contributed by atoms with E-state index in [1.807, 2.05) is 13.8 Å². The van der Waals surface area contributed by atoms with E-state index in [1.165, 1.54) is 21.3 Å². The van der Waals surface area contributed by atoms with Crippen molar-refractivity contribution in [2.24, 2.45) is 0 Å². The van der Waals surface area contributed by atoms with Crippen LogP contribution in [0.4, 0.5) is 10.2 Å². The molecule has 0 aliphatic carbocycles. The molecule has 2 aromatic heterocycles. The molecule has 0 spiro atoms. The molecule has 0 unspecified atom stereocenters. The van der Waals surface area contributed by atoms with Gasteiger partial charge in [-0.15, -0.1) is 0 Å². The van der Waals surface area contributed by atoms with Crippen LogP contribution in [0, 0.1) is 6.08 Å². The first-order valence-electron chi connectivity index (χ1n) is 10.1. The van der Waals surface area contributed by atoms with Gasteiger partial charge in [0.05, 0.1) is 32.5 Å². The maximum Gasteiger partial charge on any atom is 0.312 e. The van der Waals surface area contributed by atoms with Crippen LogP contribution in [0.1, 0.15) is 31.7 Å². The molecule has 11 heteroatoms. The van der Waals surface area contributed by atoms with Gasteiger partial charge in [0.15, 0.2) is 28.5 Å². The van der Waals surface area contributed by atoms with Crippen molar-refractivity contribution in [3.05, 3.63) is 28.6 Å². The minimum atomic E-state index is -0.910. The average molecular weight is 468 g/mol. The number of aromatic nitrogens is 4. The predicted molar refractivity (Wildman–Crippen MR) is 119 cm³/mol. The Labute approximate surface area is 190 Å². The second-order valence-electron chi connectivity index (χ2n) is 7.30. The number of ether oxygens (including phenoxy) is 4.